The second-order valence-corrected chi connectivity index (χ2v) is 5.50. The number of hydrogen-bond donors (Lipinski definition) is 1. The van der Waals surface area contributed by atoms with Crippen LogP contribution in [0.4, 0.5) is 11.4 Å². The van der Waals surface area contributed by atoms with Gasteiger partial charge < -0.3 is 10.1 Å². The van der Waals surface area contributed by atoms with Crippen LogP contribution < -0.4 is 5.32 Å². The molecule has 1 unspecified atom stereocenters. The average Bonchev–Trinajstić information content (AvgIpc) is 2.43. The Kier molecular flexibility index (Phi) is 6.30. The Morgan fingerprint density at radius 3 is 2.80 bits per heavy atom. The smallest absolute Gasteiger partial charge is 0.337 e. The Balaban J connectivity index is 2.99. The van der Waals surface area contributed by atoms with Crippen molar-refractivity contribution in [2.45, 2.75) is 19.9 Å². The lowest BCUT2D eigenvalue weighted by atomic mass is 10.1. The maximum atomic E-state index is 11.5. The summed E-state index contributed by atoms with van der Waals surface area (Å²) in [6.07, 6.45) is 0. The molecule has 0 bridgehead atoms. The van der Waals surface area contributed by atoms with E-state index in [4.69, 9.17) is 0 Å². The molecule has 1 atom stereocenters. The third-order valence-electron chi connectivity index (χ3n) is 2.59. The van der Waals surface area contributed by atoms with E-state index in [0.29, 0.717) is 5.69 Å². The monoisotopic (exact) mass is 298 g/mol. The zero-order chi connectivity index (χ0) is 15.1. The zero-order valence-corrected chi connectivity index (χ0v) is 12.5. The van der Waals surface area contributed by atoms with Gasteiger partial charge in [0.05, 0.1) is 17.6 Å². The van der Waals surface area contributed by atoms with Crippen molar-refractivity contribution < 1.29 is 14.5 Å². The summed E-state index contributed by atoms with van der Waals surface area (Å²) in [7, 11) is 1.28. The van der Waals surface area contributed by atoms with Crippen molar-refractivity contribution in [2.24, 2.45) is 0 Å². The fourth-order valence-corrected chi connectivity index (χ4v) is 2.33. The number of benzene rings is 1. The third-order valence-corrected chi connectivity index (χ3v) is 3.73. The lowest BCUT2D eigenvalue weighted by Crippen LogP contribution is -2.19. The number of methoxy groups -OCH3 is 1. The van der Waals surface area contributed by atoms with Crippen molar-refractivity contribution in [1.29, 1.82) is 0 Å². The molecule has 0 spiro atoms. The Bertz CT molecular complexity index is 493. The average molecular weight is 298 g/mol. The molecule has 6 nitrogen and oxygen atoms in total. The van der Waals surface area contributed by atoms with Crippen LogP contribution in [0.2, 0.25) is 0 Å². The van der Waals surface area contributed by atoms with E-state index in [1.54, 1.807) is 11.8 Å². The highest BCUT2D eigenvalue weighted by Gasteiger charge is 2.18. The molecule has 0 saturated carbocycles. The SMILES string of the molecule is CCSCC(C)Nc1cc(C(=O)OC)ccc1[N+](=O)[O-]. The Morgan fingerprint density at radius 2 is 2.25 bits per heavy atom. The summed E-state index contributed by atoms with van der Waals surface area (Å²) >= 11 is 1.74. The molecule has 0 aliphatic heterocycles. The van der Waals surface area contributed by atoms with E-state index < -0.39 is 10.9 Å². The first-order valence-corrected chi connectivity index (χ1v) is 7.36. The highest BCUT2D eigenvalue weighted by molar-refractivity contribution is 7.99. The van der Waals surface area contributed by atoms with Crippen LogP contribution in [-0.2, 0) is 4.74 Å². The number of ether oxygens (including phenoxy) is 1. The number of rotatable bonds is 7. The van der Waals surface area contributed by atoms with Gasteiger partial charge in [0.2, 0.25) is 0 Å². The Hall–Kier alpha value is -1.76. The Morgan fingerprint density at radius 1 is 1.55 bits per heavy atom. The van der Waals surface area contributed by atoms with Crippen molar-refractivity contribution in [3.8, 4) is 0 Å². The second-order valence-electron chi connectivity index (χ2n) is 4.19. The number of carbonyl (C=O) groups excluding carboxylic acids is 1. The molecule has 0 heterocycles. The first kappa shape index (κ1) is 16.3. The summed E-state index contributed by atoms with van der Waals surface area (Å²) in [5.74, 6) is 1.30. The molecule has 0 radical (unpaired) electrons. The van der Waals surface area contributed by atoms with Crippen molar-refractivity contribution in [1.82, 2.24) is 0 Å². The minimum atomic E-state index is -0.515. The van der Waals surface area contributed by atoms with Crippen molar-refractivity contribution in [3.63, 3.8) is 0 Å². The number of nitro groups is 1. The van der Waals surface area contributed by atoms with Gasteiger partial charge in [0, 0.05) is 17.9 Å². The Labute approximate surface area is 122 Å². The van der Waals surface area contributed by atoms with E-state index in [9.17, 15) is 14.9 Å². The molecule has 1 aromatic rings. The number of anilines is 1. The van der Waals surface area contributed by atoms with Crippen molar-refractivity contribution in [3.05, 3.63) is 33.9 Å². The van der Waals surface area contributed by atoms with Gasteiger partial charge in [-0.3, -0.25) is 10.1 Å². The van der Waals surface area contributed by atoms with E-state index >= 15 is 0 Å². The highest BCUT2D eigenvalue weighted by Crippen LogP contribution is 2.27. The summed E-state index contributed by atoms with van der Waals surface area (Å²) in [6, 6.07) is 4.22. The van der Waals surface area contributed by atoms with Crippen LogP contribution in [0.15, 0.2) is 18.2 Å². The van der Waals surface area contributed by atoms with Gasteiger partial charge in [-0.25, -0.2) is 4.79 Å². The van der Waals surface area contributed by atoms with Gasteiger partial charge in [-0.05, 0) is 24.8 Å². The fraction of sp³-hybridized carbons (Fsp3) is 0.462. The highest BCUT2D eigenvalue weighted by atomic mass is 32.2. The molecule has 1 aromatic carbocycles. The molecule has 20 heavy (non-hydrogen) atoms. The number of nitrogens with one attached hydrogen (secondary N) is 1. The van der Waals surface area contributed by atoms with Gasteiger partial charge in [0.15, 0.2) is 0 Å². The molecule has 0 amide bonds. The van der Waals surface area contributed by atoms with Crippen LogP contribution in [0.3, 0.4) is 0 Å². The predicted molar refractivity (Wildman–Crippen MR) is 80.5 cm³/mol. The van der Waals surface area contributed by atoms with E-state index in [-0.39, 0.29) is 17.3 Å². The molecule has 0 aliphatic carbocycles. The number of carbonyl (C=O) groups is 1. The molecule has 0 fully saturated rings. The lowest BCUT2D eigenvalue weighted by Gasteiger charge is -2.15. The van der Waals surface area contributed by atoms with Gasteiger partial charge in [0.1, 0.15) is 5.69 Å². The van der Waals surface area contributed by atoms with Crippen LogP contribution in [0.1, 0.15) is 24.2 Å². The molecule has 1 N–H and O–H groups in total. The molecule has 7 heteroatoms. The summed E-state index contributed by atoms with van der Waals surface area (Å²) in [5, 5.41) is 14.1. The predicted octanol–water partition coefficient (Wildman–Crippen LogP) is 2.93. The summed E-state index contributed by atoms with van der Waals surface area (Å²) < 4.78 is 4.62. The van der Waals surface area contributed by atoms with Crippen LogP contribution in [0.25, 0.3) is 0 Å². The van der Waals surface area contributed by atoms with Crippen LogP contribution in [0.5, 0.6) is 0 Å². The van der Waals surface area contributed by atoms with E-state index in [1.165, 1.54) is 25.3 Å². The molecule has 0 aromatic heterocycles. The number of nitro benzene ring substituents is 1. The number of nitrogens with zero attached hydrogens (tertiary/aromatic N) is 1. The second kappa shape index (κ2) is 7.74. The standard InChI is InChI=1S/C13H18N2O4S/c1-4-20-8-9(2)14-11-7-10(13(16)19-3)5-6-12(11)15(17)18/h5-7,9,14H,4,8H2,1-3H3. The van der Waals surface area contributed by atoms with Crippen LogP contribution in [0, 0.1) is 10.1 Å². The largest absolute Gasteiger partial charge is 0.465 e. The topological polar surface area (TPSA) is 81.5 Å². The number of esters is 1. The summed E-state index contributed by atoms with van der Waals surface area (Å²) in [6.45, 7) is 3.99. The zero-order valence-electron chi connectivity index (χ0n) is 11.7. The normalized spacial score (nSPS) is 11.8. The van der Waals surface area contributed by atoms with E-state index in [1.807, 2.05) is 6.92 Å². The van der Waals surface area contributed by atoms with Gasteiger partial charge >= 0.3 is 5.97 Å². The first-order valence-electron chi connectivity index (χ1n) is 6.20. The van der Waals surface area contributed by atoms with Crippen molar-refractivity contribution in [2.75, 3.05) is 23.9 Å². The summed E-state index contributed by atoms with van der Waals surface area (Å²) in [4.78, 5) is 22.0. The molecule has 110 valence electrons. The molecular weight excluding hydrogens is 280 g/mol. The van der Waals surface area contributed by atoms with Crippen LogP contribution in [-0.4, -0.2) is 35.5 Å². The third kappa shape index (κ3) is 4.41. The quantitative estimate of drug-likeness (QED) is 0.473. The fourth-order valence-electron chi connectivity index (χ4n) is 1.66. The molecule has 0 saturated heterocycles. The molecule has 0 aliphatic rings. The van der Waals surface area contributed by atoms with Gasteiger partial charge in [0.25, 0.3) is 5.69 Å². The first-order chi connectivity index (χ1) is 9.49. The molecule has 1 rings (SSSR count). The maximum absolute atomic E-state index is 11.5. The van der Waals surface area contributed by atoms with Gasteiger partial charge in [-0.2, -0.15) is 11.8 Å². The number of hydrogen-bond acceptors (Lipinski definition) is 6. The van der Waals surface area contributed by atoms with Crippen LogP contribution >= 0.6 is 11.8 Å². The molecular formula is C13H18N2O4S. The van der Waals surface area contributed by atoms with Gasteiger partial charge in [-0.15, -0.1) is 0 Å². The van der Waals surface area contributed by atoms with Crippen molar-refractivity contribution >= 4 is 29.1 Å². The maximum Gasteiger partial charge on any atom is 0.337 e. The minimum absolute atomic E-state index is 0.0500. The van der Waals surface area contributed by atoms with Gasteiger partial charge in [-0.1, -0.05) is 6.92 Å². The van der Waals surface area contributed by atoms with E-state index in [2.05, 4.69) is 17.0 Å². The number of thioether (sulfide) groups is 1. The lowest BCUT2D eigenvalue weighted by molar-refractivity contribution is -0.384. The van der Waals surface area contributed by atoms with E-state index in [0.717, 1.165) is 11.5 Å². The minimum Gasteiger partial charge on any atom is -0.465 e. The summed E-state index contributed by atoms with van der Waals surface area (Å²) in [5.41, 5.74) is 0.573.